The molecule has 0 bridgehead atoms. The maximum Gasteiger partial charge on any atom is 0.241 e. The molecule has 0 radical (unpaired) electrons. The van der Waals surface area contributed by atoms with Crippen LogP contribution in [0, 0.1) is 11.8 Å². The van der Waals surface area contributed by atoms with E-state index in [2.05, 4.69) is 11.6 Å². The van der Waals surface area contributed by atoms with Gasteiger partial charge in [0.1, 0.15) is 0 Å². The molecule has 1 saturated carbocycles. The maximum atomic E-state index is 12.1. The predicted octanol–water partition coefficient (Wildman–Crippen LogP) is 2.35. The van der Waals surface area contributed by atoms with E-state index in [-0.39, 0.29) is 11.5 Å². The molecule has 0 aromatic carbocycles. The summed E-state index contributed by atoms with van der Waals surface area (Å²) in [5, 5.41) is 10.6. The molecular formula is C13H21NO3S2. The van der Waals surface area contributed by atoms with Crippen molar-refractivity contribution < 1.29 is 13.5 Å². The Labute approximate surface area is 118 Å². The standard InChI is InChI=1S/C13H21NO3S2/c1-10-3-2-4-11(5-10)7-14-19(16,17)13-6-12(8-15)18-9-13/h6,9-11,14-15H,2-5,7-8H2,1H3. The molecule has 1 aliphatic rings. The lowest BCUT2D eigenvalue weighted by molar-refractivity contribution is 0.283. The molecule has 19 heavy (non-hydrogen) atoms. The summed E-state index contributed by atoms with van der Waals surface area (Å²) in [4.78, 5) is 0.942. The highest BCUT2D eigenvalue weighted by Gasteiger charge is 2.22. The van der Waals surface area contributed by atoms with Crippen molar-refractivity contribution in [1.29, 1.82) is 0 Å². The van der Waals surface area contributed by atoms with Crippen molar-refractivity contribution in [2.45, 2.75) is 44.1 Å². The van der Waals surface area contributed by atoms with Gasteiger partial charge in [-0.25, -0.2) is 13.1 Å². The molecule has 2 N–H and O–H groups in total. The molecule has 1 aromatic rings. The molecule has 1 aromatic heterocycles. The van der Waals surface area contributed by atoms with Crippen molar-refractivity contribution in [3.63, 3.8) is 0 Å². The first kappa shape index (κ1) is 15.0. The number of hydrogen-bond donors (Lipinski definition) is 2. The molecule has 2 atom stereocenters. The van der Waals surface area contributed by atoms with Gasteiger partial charge in [0.15, 0.2) is 0 Å². The Hall–Kier alpha value is -0.430. The molecule has 1 heterocycles. The summed E-state index contributed by atoms with van der Waals surface area (Å²) < 4.78 is 26.9. The first-order valence-electron chi connectivity index (χ1n) is 6.69. The molecule has 2 rings (SSSR count). The molecule has 108 valence electrons. The van der Waals surface area contributed by atoms with E-state index in [1.807, 2.05) is 0 Å². The normalized spacial score (nSPS) is 24.5. The van der Waals surface area contributed by atoms with Crippen LogP contribution < -0.4 is 4.72 Å². The first-order valence-corrected chi connectivity index (χ1v) is 9.05. The second-order valence-corrected chi connectivity index (χ2v) is 8.16. The third kappa shape index (κ3) is 4.02. The maximum absolute atomic E-state index is 12.1. The summed E-state index contributed by atoms with van der Waals surface area (Å²) >= 11 is 1.27. The van der Waals surface area contributed by atoms with E-state index in [1.165, 1.54) is 30.2 Å². The topological polar surface area (TPSA) is 66.4 Å². The highest BCUT2D eigenvalue weighted by molar-refractivity contribution is 7.89. The van der Waals surface area contributed by atoms with Crippen LogP contribution >= 0.6 is 11.3 Å². The van der Waals surface area contributed by atoms with Gasteiger partial charge in [0.25, 0.3) is 0 Å². The molecule has 2 unspecified atom stereocenters. The largest absolute Gasteiger partial charge is 0.391 e. The second kappa shape index (κ2) is 6.35. The molecule has 0 amide bonds. The van der Waals surface area contributed by atoms with E-state index < -0.39 is 10.0 Å². The van der Waals surface area contributed by atoms with E-state index in [1.54, 1.807) is 5.38 Å². The average molecular weight is 303 g/mol. The fourth-order valence-electron chi connectivity index (χ4n) is 2.64. The Morgan fingerprint density at radius 3 is 2.89 bits per heavy atom. The minimum Gasteiger partial charge on any atom is -0.391 e. The van der Waals surface area contributed by atoms with Gasteiger partial charge in [-0.2, -0.15) is 0 Å². The smallest absolute Gasteiger partial charge is 0.241 e. The number of thiophene rings is 1. The van der Waals surface area contributed by atoms with E-state index >= 15 is 0 Å². The van der Waals surface area contributed by atoms with Crippen molar-refractivity contribution in [3.05, 3.63) is 16.3 Å². The van der Waals surface area contributed by atoms with Gasteiger partial charge in [0, 0.05) is 16.8 Å². The van der Waals surface area contributed by atoms with Gasteiger partial charge in [0.2, 0.25) is 10.0 Å². The summed E-state index contributed by atoms with van der Waals surface area (Å²) in [5.41, 5.74) is 0. The summed E-state index contributed by atoms with van der Waals surface area (Å²) in [6.07, 6.45) is 4.67. The zero-order valence-corrected chi connectivity index (χ0v) is 12.8. The third-order valence-electron chi connectivity index (χ3n) is 3.70. The van der Waals surface area contributed by atoms with Gasteiger partial charge in [-0.05, 0) is 30.7 Å². The van der Waals surface area contributed by atoms with Gasteiger partial charge >= 0.3 is 0 Å². The van der Waals surface area contributed by atoms with Crippen molar-refractivity contribution in [1.82, 2.24) is 4.72 Å². The Bertz CT molecular complexity index is 510. The molecule has 1 aliphatic carbocycles. The molecule has 0 aliphatic heterocycles. The third-order valence-corrected chi connectivity index (χ3v) is 6.18. The molecule has 0 spiro atoms. The Kier molecular flexibility index (Phi) is 5.00. The number of aliphatic hydroxyl groups is 1. The van der Waals surface area contributed by atoms with Gasteiger partial charge in [0.05, 0.1) is 11.5 Å². The molecule has 0 saturated heterocycles. The minimum atomic E-state index is -3.42. The van der Waals surface area contributed by atoms with Crippen molar-refractivity contribution in [2.24, 2.45) is 11.8 Å². The number of sulfonamides is 1. The summed E-state index contributed by atoms with van der Waals surface area (Å²) in [6, 6.07) is 1.54. The van der Waals surface area contributed by atoms with Crippen molar-refractivity contribution >= 4 is 21.4 Å². The van der Waals surface area contributed by atoms with Gasteiger partial charge in [-0.15, -0.1) is 11.3 Å². The van der Waals surface area contributed by atoms with Crippen LogP contribution in [0.15, 0.2) is 16.3 Å². The molecule has 1 fully saturated rings. The lowest BCUT2D eigenvalue weighted by atomic mass is 9.83. The summed E-state index contributed by atoms with van der Waals surface area (Å²) in [5.74, 6) is 1.15. The Balaban J connectivity index is 1.93. The number of rotatable bonds is 5. The second-order valence-electron chi connectivity index (χ2n) is 5.40. The summed E-state index contributed by atoms with van der Waals surface area (Å²) in [7, 11) is -3.42. The average Bonchev–Trinajstić information content (AvgIpc) is 2.86. The van der Waals surface area contributed by atoms with Gasteiger partial charge in [-0.3, -0.25) is 0 Å². The van der Waals surface area contributed by atoms with Crippen LogP contribution in [-0.4, -0.2) is 20.1 Å². The molecule has 4 nitrogen and oxygen atoms in total. The highest BCUT2D eigenvalue weighted by Crippen LogP contribution is 2.28. The molecular weight excluding hydrogens is 282 g/mol. The van der Waals surface area contributed by atoms with Crippen LogP contribution in [0.2, 0.25) is 0 Å². The highest BCUT2D eigenvalue weighted by atomic mass is 32.2. The lowest BCUT2D eigenvalue weighted by Gasteiger charge is -2.26. The fourth-order valence-corrected chi connectivity index (χ4v) is 4.89. The fraction of sp³-hybridized carbons (Fsp3) is 0.692. The van der Waals surface area contributed by atoms with Crippen LogP contribution in [0.3, 0.4) is 0 Å². The zero-order valence-electron chi connectivity index (χ0n) is 11.1. The lowest BCUT2D eigenvalue weighted by Crippen LogP contribution is -2.31. The van der Waals surface area contributed by atoms with Crippen LogP contribution in [-0.2, 0) is 16.6 Å². The van der Waals surface area contributed by atoms with Crippen LogP contribution in [0.25, 0.3) is 0 Å². The van der Waals surface area contributed by atoms with Crippen molar-refractivity contribution in [2.75, 3.05) is 6.54 Å². The van der Waals surface area contributed by atoms with Crippen LogP contribution in [0.1, 0.15) is 37.5 Å². The van der Waals surface area contributed by atoms with E-state index in [4.69, 9.17) is 5.11 Å². The number of nitrogens with one attached hydrogen (secondary N) is 1. The van der Waals surface area contributed by atoms with Crippen LogP contribution in [0.4, 0.5) is 0 Å². The van der Waals surface area contributed by atoms with E-state index in [9.17, 15) is 8.42 Å². The Morgan fingerprint density at radius 2 is 2.26 bits per heavy atom. The number of hydrogen-bond acceptors (Lipinski definition) is 4. The van der Waals surface area contributed by atoms with Gasteiger partial charge < -0.3 is 5.11 Å². The SMILES string of the molecule is CC1CCCC(CNS(=O)(=O)c2csc(CO)c2)C1. The summed E-state index contributed by atoms with van der Waals surface area (Å²) in [6.45, 7) is 2.64. The monoisotopic (exact) mass is 303 g/mol. The minimum absolute atomic E-state index is 0.111. The van der Waals surface area contributed by atoms with E-state index in [0.29, 0.717) is 23.3 Å². The van der Waals surface area contributed by atoms with Gasteiger partial charge in [-0.1, -0.05) is 19.8 Å². The quantitative estimate of drug-likeness (QED) is 0.877. The predicted molar refractivity (Wildman–Crippen MR) is 76.6 cm³/mol. The van der Waals surface area contributed by atoms with Crippen molar-refractivity contribution in [3.8, 4) is 0 Å². The Morgan fingerprint density at radius 1 is 1.47 bits per heavy atom. The zero-order chi connectivity index (χ0) is 13.9. The number of aliphatic hydroxyl groups excluding tert-OH is 1. The first-order chi connectivity index (χ1) is 9.01. The van der Waals surface area contributed by atoms with E-state index in [0.717, 1.165) is 12.8 Å². The molecule has 6 heteroatoms. The van der Waals surface area contributed by atoms with Crippen LogP contribution in [0.5, 0.6) is 0 Å².